The summed E-state index contributed by atoms with van der Waals surface area (Å²) in [6.07, 6.45) is 1.99. The van der Waals surface area contributed by atoms with Gasteiger partial charge in [-0.05, 0) is 67.6 Å². The number of Topliss-reactive ketones (excluding diaryl/α,β-unsaturated/α-hetero) is 1. The van der Waals surface area contributed by atoms with Gasteiger partial charge in [0.2, 0.25) is 0 Å². The Bertz CT molecular complexity index is 1150. The Hall–Kier alpha value is -2.90. The number of benzene rings is 2. The summed E-state index contributed by atoms with van der Waals surface area (Å²) in [5.41, 5.74) is 0.429. The molecule has 178 valence electrons. The zero-order valence-electron chi connectivity index (χ0n) is 18.8. The molecule has 0 spiro atoms. The van der Waals surface area contributed by atoms with Crippen LogP contribution in [0.5, 0.6) is 5.75 Å². The molecule has 1 aliphatic heterocycles. The first-order chi connectivity index (χ1) is 16.2. The highest BCUT2D eigenvalue weighted by atomic mass is 35.5. The maximum Gasteiger partial charge on any atom is 0.273 e. The van der Waals surface area contributed by atoms with Gasteiger partial charge >= 0.3 is 0 Å². The molecule has 7 nitrogen and oxygen atoms in total. The molecule has 1 aliphatic carbocycles. The fourth-order valence-corrected chi connectivity index (χ4v) is 4.92. The second-order valence-electron chi connectivity index (χ2n) is 8.76. The maximum absolute atomic E-state index is 13.5. The minimum atomic E-state index is -0.686. The minimum absolute atomic E-state index is 0.112. The number of halogens is 2. The molecule has 9 heteroatoms. The third-order valence-corrected chi connectivity index (χ3v) is 7.25. The highest BCUT2D eigenvalue weighted by molar-refractivity contribution is 6.42. The summed E-state index contributed by atoms with van der Waals surface area (Å²) in [6.45, 7) is 1.56. The van der Waals surface area contributed by atoms with E-state index in [9.17, 15) is 19.2 Å². The van der Waals surface area contributed by atoms with Gasteiger partial charge < -0.3 is 4.74 Å². The average Bonchev–Trinajstić information content (AvgIpc) is 3.07. The third kappa shape index (κ3) is 4.55. The van der Waals surface area contributed by atoms with E-state index >= 15 is 0 Å². The fraction of sp³-hybridized carbons (Fsp3) is 0.360. The van der Waals surface area contributed by atoms with E-state index in [1.165, 1.54) is 25.3 Å². The Kier molecular flexibility index (Phi) is 6.96. The van der Waals surface area contributed by atoms with E-state index in [0.717, 1.165) is 16.4 Å². The van der Waals surface area contributed by atoms with Crippen LogP contribution in [0.2, 0.25) is 10.0 Å². The van der Waals surface area contributed by atoms with Crippen LogP contribution in [-0.4, -0.2) is 47.2 Å². The predicted molar refractivity (Wildman–Crippen MR) is 127 cm³/mol. The number of carbonyl (C=O) groups is 4. The van der Waals surface area contributed by atoms with E-state index in [2.05, 4.69) is 0 Å². The SMILES string of the molecule is COc1ccc(C(=O)CN(C(=O)c2ccc(Cl)c(Cl)c2)N2C(=O)[C@@H]3CC[C@H](C)C[C@H]3C2=O)cc1. The van der Waals surface area contributed by atoms with Crippen molar-refractivity contribution in [3.63, 3.8) is 0 Å². The number of carbonyl (C=O) groups excluding carboxylic acids is 4. The molecule has 3 amide bonds. The van der Waals surface area contributed by atoms with E-state index in [4.69, 9.17) is 27.9 Å². The second-order valence-corrected chi connectivity index (χ2v) is 9.58. The number of hydrogen-bond donors (Lipinski definition) is 0. The van der Waals surface area contributed by atoms with Crippen molar-refractivity contribution in [1.82, 2.24) is 10.0 Å². The van der Waals surface area contributed by atoms with Crippen LogP contribution in [0.3, 0.4) is 0 Å². The molecule has 2 aromatic rings. The molecule has 2 fully saturated rings. The zero-order chi connectivity index (χ0) is 24.6. The lowest BCUT2D eigenvalue weighted by atomic mass is 9.76. The first-order valence-corrected chi connectivity index (χ1v) is 11.8. The standard InChI is InChI=1S/C25H24Cl2N2O5/c1-14-3-9-18-19(11-14)25(33)29(24(18)32)28(23(31)16-6-10-20(26)21(27)12-16)13-22(30)15-4-7-17(34-2)8-5-15/h4-8,10,12,14,18-19H,3,9,11,13H2,1-2H3/t14-,18+,19+/m0/s1. The van der Waals surface area contributed by atoms with Crippen molar-refractivity contribution >= 4 is 46.7 Å². The van der Waals surface area contributed by atoms with Crippen LogP contribution in [0.1, 0.15) is 46.9 Å². The molecule has 0 radical (unpaired) electrons. The van der Waals surface area contributed by atoms with Gasteiger partial charge in [-0.15, -0.1) is 0 Å². The quantitative estimate of drug-likeness (QED) is 0.423. The van der Waals surface area contributed by atoms with Gasteiger partial charge in [0, 0.05) is 11.1 Å². The summed E-state index contributed by atoms with van der Waals surface area (Å²) in [7, 11) is 1.51. The lowest BCUT2D eigenvalue weighted by Gasteiger charge is -2.30. The number of rotatable bonds is 6. The topological polar surface area (TPSA) is 84.0 Å². The molecule has 0 aromatic heterocycles. The molecule has 1 saturated heterocycles. The molecule has 1 saturated carbocycles. The van der Waals surface area contributed by atoms with Gasteiger partial charge in [-0.2, -0.15) is 5.01 Å². The van der Waals surface area contributed by atoms with Crippen molar-refractivity contribution in [2.75, 3.05) is 13.7 Å². The van der Waals surface area contributed by atoms with Crippen molar-refractivity contribution in [3.05, 3.63) is 63.6 Å². The van der Waals surface area contributed by atoms with E-state index in [1.807, 2.05) is 6.92 Å². The monoisotopic (exact) mass is 502 g/mol. The Balaban J connectivity index is 1.69. The van der Waals surface area contributed by atoms with Crippen LogP contribution < -0.4 is 4.74 Å². The van der Waals surface area contributed by atoms with E-state index in [0.29, 0.717) is 30.1 Å². The van der Waals surface area contributed by atoms with Crippen LogP contribution in [0.4, 0.5) is 0 Å². The Morgan fingerprint density at radius 2 is 1.62 bits per heavy atom. The number of ketones is 1. The number of methoxy groups -OCH3 is 1. The summed E-state index contributed by atoms with van der Waals surface area (Å²) in [6, 6.07) is 10.6. The van der Waals surface area contributed by atoms with Crippen molar-refractivity contribution in [2.45, 2.75) is 26.2 Å². The highest BCUT2D eigenvalue weighted by Gasteiger charge is 2.52. The number of imide groups is 1. The summed E-state index contributed by atoms with van der Waals surface area (Å²) in [5, 5.41) is 2.22. The third-order valence-electron chi connectivity index (χ3n) is 6.51. The lowest BCUT2D eigenvalue weighted by molar-refractivity contribution is -0.154. The van der Waals surface area contributed by atoms with Gasteiger partial charge in [-0.3, -0.25) is 19.2 Å². The van der Waals surface area contributed by atoms with Crippen LogP contribution >= 0.6 is 23.2 Å². The number of amides is 3. The molecule has 1 heterocycles. The summed E-state index contributed by atoms with van der Waals surface area (Å²) < 4.78 is 5.12. The van der Waals surface area contributed by atoms with Crippen LogP contribution in [0.15, 0.2) is 42.5 Å². The minimum Gasteiger partial charge on any atom is -0.497 e. The molecule has 4 rings (SSSR count). The Labute approximate surface area is 207 Å². The van der Waals surface area contributed by atoms with Crippen molar-refractivity contribution in [2.24, 2.45) is 17.8 Å². The number of ether oxygens (including phenoxy) is 1. The largest absolute Gasteiger partial charge is 0.497 e. The predicted octanol–water partition coefficient (Wildman–Crippen LogP) is 4.66. The van der Waals surface area contributed by atoms with Gasteiger partial charge in [-0.1, -0.05) is 30.1 Å². The second kappa shape index (κ2) is 9.76. The number of nitrogens with zero attached hydrogens (tertiary/aromatic N) is 2. The molecular formula is C25H24Cl2N2O5. The number of hydrazine groups is 1. The first kappa shape index (κ1) is 24.2. The molecule has 34 heavy (non-hydrogen) atoms. The molecule has 0 N–H and O–H groups in total. The molecule has 3 atom stereocenters. The summed E-state index contributed by atoms with van der Waals surface area (Å²) >= 11 is 12.1. The zero-order valence-corrected chi connectivity index (χ0v) is 20.3. The number of hydrogen-bond acceptors (Lipinski definition) is 5. The Morgan fingerprint density at radius 3 is 2.26 bits per heavy atom. The van der Waals surface area contributed by atoms with Crippen LogP contribution in [-0.2, 0) is 9.59 Å². The fourth-order valence-electron chi connectivity index (χ4n) is 4.63. The molecule has 2 aromatic carbocycles. The van der Waals surface area contributed by atoms with E-state index in [-0.39, 0.29) is 15.6 Å². The first-order valence-electron chi connectivity index (χ1n) is 11.0. The summed E-state index contributed by atoms with van der Waals surface area (Å²) in [5.74, 6) is -2.11. The van der Waals surface area contributed by atoms with E-state index < -0.39 is 41.9 Å². The normalized spacial score (nSPS) is 21.9. The average molecular weight is 503 g/mol. The molecule has 0 unspecified atom stereocenters. The van der Waals surface area contributed by atoms with Gasteiger partial charge in [0.15, 0.2) is 5.78 Å². The van der Waals surface area contributed by atoms with Crippen molar-refractivity contribution in [3.8, 4) is 5.75 Å². The molecular weight excluding hydrogens is 479 g/mol. The van der Waals surface area contributed by atoms with Gasteiger partial charge in [0.05, 0.1) is 29.0 Å². The highest BCUT2D eigenvalue weighted by Crippen LogP contribution is 2.41. The number of fused-ring (bicyclic) bond motifs is 1. The van der Waals surface area contributed by atoms with Crippen molar-refractivity contribution < 1.29 is 23.9 Å². The van der Waals surface area contributed by atoms with E-state index in [1.54, 1.807) is 24.3 Å². The van der Waals surface area contributed by atoms with Gasteiger partial charge in [-0.25, -0.2) is 5.01 Å². The van der Waals surface area contributed by atoms with Crippen LogP contribution in [0, 0.1) is 17.8 Å². The maximum atomic E-state index is 13.5. The molecule has 0 bridgehead atoms. The summed E-state index contributed by atoms with van der Waals surface area (Å²) in [4.78, 5) is 53.3. The molecule has 2 aliphatic rings. The smallest absolute Gasteiger partial charge is 0.273 e. The van der Waals surface area contributed by atoms with Crippen molar-refractivity contribution in [1.29, 1.82) is 0 Å². The van der Waals surface area contributed by atoms with Gasteiger partial charge in [0.1, 0.15) is 12.3 Å². The Morgan fingerprint density at radius 1 is 0.971 bits per heavy atom. The lowest BCUT2D eigenvalue weighted by Crippen LogP contribution is -2.52. The van der Waals surface area contributed by atoms with Crippen LogP contribution in [0.25, 0.3) is 0 Å². The van der Waals surface area contributed by atoms with Gasteiger partial charge in [0.25, 0.3) is 17.7 Å².